The molecule has 0 saturated heterocycles. The maximum atomic E-state index is 12.6. The van der Waals surface area contributed by atoms with Crippen LogP contribution in [-0.2, 0) is 25.6 Å². The number of carboxylic acid groups (broad SMARTS) is 1. The Bertz CT molecular complexity index is 779. The van der Waals surface area contributed by atoms with Crippen molar-refractivity contribution >= 4 is 48.9 Å². The van der Waals surface area contributed by atoms with Crippen molar-refractivity contribution in [1.29, 1.82) is 0 Å². The molecule has 31 heavy (non-hydrogen) atoms. The van der Waals surface area contributed by atoms with Gasteiger partial charge in [-0.05, 0) is 17.7 Å². The third-order valence-electron chi connectivity index (χ3n) is 4.16. The van der Waals surface area contributed by atoms with Crippen molar-refractivity contribution in [1.82, 2.24) is 16.0 Å². The molecular weight excluding hydrogens is 448 g/mol. The van der Waals surface area contributed by atoms with Gasteiger partial charge in [-0.3, -0.25) is 14.4 Å². The lowest BCUT2D eigenvalue weighted by atomic mass is 10.0. The van der Waals surface area contributed by atoms with Gasteiger partial charge in [-0.2, -0.15) is 25.3 Å². The Kier molecular flexibility index (Phi) is 11.2. The van der Waals surface area contributed by atoms with E-state index in [9.17, 15) is 24.3 Å². The van der Waals surface area contributed by atoms with Crippen molar-refractivity contribution in [3.8, 4) is 5.75 Å². The smallest absolute Gasteiger partial charge is 0.328 e. The quantitative estimate of drug-likeness (QED) is 0.150. The monoisotopic (exact) mass is 474 g/mol. The fourth-order valence-electron chi connectivity index (χ4n) is 2.36. The average Bonchev–Trinajstić information content (AvgIpc) is 2.75. The van der Waals surface area contributed by atoms with Gasteiger partial charge in [0.15, 0.2) is 0 Å². The van der Waals surface area contributed by atoms with E-state index in [0.29, 0.717) is 5.56 Å². The molecule has 0 aliphatic rings. The zero-order valence-electron chi connectivity index (χ0n) is 16.4. The van der Waals surface area contributed by atoms with Crippen LogP contribution < -0.4 is 21.7 Å². The van der Waals surface area contributed by atoms with Gasteiger partial charge in [-0.1, -0.05) is 12.1 Å². The number of phenolic OH excluding ortho intramolecular Hbond substituents is 1. The van der Waals surface area contributed by atoms with Gasteiger partial charge in [-0.15, -0.1) is 0 Å². The number of thiol groups is 2. The van der Waals surface area contributed by atoms with Crippen LogP contribution in [0.1, 0.15) is 5.56 Å². The van der Waals surface area contributed by atoms with E-state index < -0.39 is 54.5 Å². The summed E-state index contributed by atoms with van der Waals surface area (Å²) in [5.41, 5.74) is 6.13. The number of hydrogen-bond acceptors (Lipinski definition) is 9. The van der Waals surface area contributed by atoms with Crippen LogP contribution in [0.3, 0.4) is 0 Å². The number of benzene rings is 1. The molecule has 1 aromatic carbocycles. The molecule has 1 rings (SSSR count). The summed E-state index contributed by atoms with van der Waals surface area (Å²) in [7, 11) is 0. The summed E-state index contributed by atoms with van der Waals surface area (Å²) in [5.74, 6) is -3.74. The van der Waals surface area contributed by atoms with Gasteiger partial charge in [0.1, 0.15) is 23.9 Å². The van der Waals surface area contributed by atoms with Crippen LogP contribution in [0.4, 0.5) is 0 Å². The first-order valence-corrected chi connectivity index (χ1v) is 10.4. The molecule has 0 bridgehead atoms. The fourth-order valence-corrected chi connectivity index (χ4v) is 2.79. The third-order valence-corrected chi connectivity index (χ3v) is 4.91. The standard InChI is InChI=1S/C18H26N4O7S2/c19-11(7-30)15(25)22-14(8-31)17(27)20-12(5-9-1-3-10(24)4-2-9)16(26)21-13(6-23)18(28)29/h1-4,11-14,23-24,30-31H,5-8,19H2,(H,20,27)(H,21,26)(H,22,25)(H,28,29). The molecule has 0 spiro atoms. The molecule has 13 heteroatoms. The molecule has 0 radical (unpaired) electrons. The average molecular weight is 475 g/mol. The number of hydrogen-bond donors (Lipinski definition) is 9. The van der Waals surface area contributed by atoms with Gasteiger partial charge in [0, 0.05) is 17.9 Å². The van der Waals surface area contributed by atoms with Crippen molar-refractivity contribution in [3.05, 3.63) is 29.8 Å². The van der Waals surface area contributed by atoms with Gasteiger partial charge in [0.05, 0.1) is 12.6 Å². The molecule has 4 atom stereocenters. The molecule has 11 nitrogen and oxygen atoms in total. The Morgan fingerprint density at radius 3 is 1.87 bits per heavy atom. The molecule has 8 N–H and O–H groups in total. The van der Waals surface area contributed by atoms with Crippen LogP contribution in [0.15, 0.2) is 24.3 Å². The van der Waals surface area contributed by atoms with E-state index >= 15 is 0 Å². The molecule has 4 unspecified atom stereocenters. The van der Waals surface area contributed by atoms with E-state index in [1.807, 2.05) is 0 Å². The topological polar surface area (TPSA) is 191 Å². The largest absolute Gasteiger partial charge is 0.508 e. The number of rotatable bonds is 12. The number of carbonyl (C=O) groups excluding carboxylic acids is 3. The Hall–Kier alpha value is -2.48. The second kappa shape index (κ2) is 13.0. The number of nitrogens with one attached hydrogen (secondary N) is 3. The summed E-state index contributed by atoms with van der Waals surface area (Å²) >= 11 is 7.95. The summed E-state index contributed by atoms with van der Waals surface area (Å²) in [6.45, 7) is -0.849. The van der Waals surface area contributed by atoms with Gasteiger partial charge in [0.25, 0.3) is 0 Å². The second-order valence-electron chi connectivity index (χ2n) is 6.55. The summed E-state index contributed by atoms with van der Waals surface area (Å²) in [6.07, 6.45) is -0.0565. The van der Waals surface area contributed by atoms with Crippen LogP contribution in [0, 0.1) is 0 Å². The van der Waals surface area contributed by atoms with Crippen LogP contribution in [0.5, 0.6) is 5.75 Å². The lowest BCUT2D eigenvalue weighted by Gasteiger charge is -2.24. The Labute approximate surface area is 189 Å². The predicted molar refractivity (Wildman–Crippen MR) is 118 cm³/mol. The van der Waals surface area contributed by atoms with E-state index in [0.717, 1.165) is 0 Å². The van der Waals surface area contributed by atoms with E-state index in [1.54, 1.807) is 0 Å². The highest BCUT2D eigenvalue weighted by molar-refractivity contribution is 7.80. The Morgan fingerprint density at radius 1 is 0.871 bits per heavy atom. The first-order chi connectivity index (χ1) is 14.6. The predicted octanol–water partition coefficient (Wildman–Crippen LogP) is -2.35. The minimum Gasteiger partial charge on any atom is -0.508 e. The van der Waals surface area contributed by atoms with Crippen LogP contribution in [0.2, 0.25) is 0 Å². The molecule has 3 amide bonds. The van der Waals surface area contributed by atoms with Crippen molar-refractivity contribution in [3.63, 3.8) is 0 Å². The minimum absolute atomic E-state index is 0.00149. The van der Waals surface area contributed by atoms with Gasteiger partial charge in [0.2, 0.25) is 17.7 Å². The van der Waals surface area contributed by atoms with Crippen molar-refractivity contribution < 1.29 is 34.5 Å². The molecule has 172 valence electrons. The molecule has 0 aliphatic carbocycles. The molecule has 0 heterocycles. The maximum absolute atomic E-state index is 12.6. The molecule has 0 aliphatic heterocycles. The number of carbonyl (C=O) groups is 4. The van der Waals surface area contributed by atoms with Crippen molar-refractivity contribution in [2.24, 2.45) is 5.73 Å². The number of carboxylic acids is 1. The summed E-state index contributed by atoms with van der Waals surface area (Å²) in [4.78, 5) is 48.3. The lowest BCUT2D eigenvalue weighted by Crippen LogP contribution is -2.58. The molecule has 0 saturated carbocycles. The number of phenols is 1. The fraction of sp³-hybridized carbons (Fsp3) is 0.444. The maximum Gasteiger partial charge on any atom is 0.328 e. The Balaban J connectivity index is 3.01. The van der Waals surface area contributed by atoms with Crippen LogP contribution >= 0.6 is 25.3 Å². The molecular formula is C18H26N4O7S2. The first-order valence-electron chi connectivity index (χ1n) is 9.12. The number of amides is 3. The minimum atomic E-state index is -1.57. The number of aromatic hydroxyl groups is 1. The summed E-state index contributed by atoms with van der Waals surface area (Å²) < 4.78 is 0. The number of aliphatic hydroxyl groups excluding tert-OH is 1. The van der Waals surface area contributed by atoms with Crippen LogP contribution in [0.25, 0.3) is 0 Å². The highest BCUT2D eigenvalue weighted by Crippen LogP contribution is 2.12. The highest BCUT2D eigenvalue weighted by atomic mass is 32.1. The molecule has 0 fully saturated rings. The normalized spacial score (nSPS) is 14.6. The van der Waals surface area contributed by atoms with E-state index in [2.05, 4.69) is 41.2 Å². The zero-order chi connectivity index (χ0) is 23.6. The molecule has 0 aromatic heterocycles. The zero-order valence-corrected chi connectivity index (χ0v) is 18.2. The van der Waals surface area contributed by atoms with Crippen molar-refractivity contribution in [2.75, 3.05) is 18.1 Å². The number of aliphatic carboxylic acids is 1. The number of nitrogens with two attached hydrogens (primary N) is 1. The third kappa shape index (κ3) is 8.65. The van der Waals surface area contributed by atoms with Crippen molar-refractivity contribution in [2.45, 2.75) is 30.6 Å². The molecule has 1 aromatic rings. The summed E-state index contributed by atoms with van der Waals surface area (Å²) in [6, 6.07) is 0.924. The van der Waals surface area contributed by atoms with Gasteiger partial charge in [-0.25, -0.2) is 4.79 Å². The number of aliphatic hydroxyl groups is 1. The Morgan fingerprint density at radius 2 is 1.39 bits per heavy atom. The second-order valence-corrected chi connectivity index (χ2v) is 7.28. The van der Waals surface area contributed by atoms with E-state index in [4.69, 9.17) is 15.9 Å². The van der Waals surface area contributed by atoms with E-state index in [1.165, 1.54) is 24.3 Å². The first kappa shape index (κ1) is 26.6. The van der Waals surface area contributed by atoms with Gasteiger partial charge < -0.3 is 37.0 Å². The lowest BCUT2D eigenvalue weighted by molar-refractivity contribution is -0.143. The highest BCUT2D eigenvalue weighted by Gasteiger charge is 2.29. The van der Waals surface area contributed by atoms with Crippen LogP contribution in [-0.4, -0.2) is 81.3 Å². The SMILES string of the molecule is NC(CS)C(=O)NC(CS)C(=O)NC(Cc1ccc(O)cc1)C(=O)NC(CO)C(=O)O. The van der Waals surface area contributed by atoms with E-state index in [-0.39, 0.29) is 23.7 Å². The van der Waals surface area contributed by atoms with Gasteiger partial charge >= 0.3 is 5.97 Å². The summed E-state index contributed by atoms with van der Waals surface area (Å²) in [5, 5.41) is 34.6.